The van der Waals surface area contributed by atoms with Crippen molar-refractivity contribution in [2.75, 3.05) is 13.2 Å². The first kappa shape index (κ1) is 18.3. The van der Waals surface area contributed by atoms with Gasteiger partial charge in [0.2, 0.25) is 0 Å². The highest BCUT2D eigenvalue weighted by atomic mass is 19.3. The minimum absolute atomic E-state index is 0.111. The lowest BCUT2D eigenvalue weighted by Gasteiger charge is -2.38. The number of ether oxygens (including phenoxy) is 2. The van der Waals surface area contributed by atoms with Crippen LogP contribution >= 0.6 is 0 Å². The van der Waals surface area contributed by atoms with Crippen LogP contribution in [0.15, 0.2) is 18.3 Å². The van der Waals surface area contributed by atoms with Gasteiger partial charge in [0.15, 0.2) is 5.79 Å². The zero-order valence-corrected chi connectivity index (χ0v) is 15.0. The minimum atomic E-state index is -2.90. The van der Waals surface area contributed by atoms with Crippen molar-refractivity contribution in [1.82, 2.24) is 9.55 Å². The topological polar surface area (TPSA) is 73.6 Å². The van der Waals surface area contributed by atoms with Gasteiger partial charge in [-0.25, -0.2) is 18.6 Å². The second-order valence-corrected chi connectivity index (χ2v) is 7.30. The molecule has 1 aliphatic heterocycles. The van der Waals surface area contributed by atoms with Crippen molar-refractivity contribution in [2.24, 2.45) is 5.92 Å². The number of rotatable bonds is 4. The molecule has 6 nitrogen and oxygen atoms in total. The van der Waals surface area contributed by atoms with Crippen molar-refractivity contribution in [1.29, 1.82) is 0 Å². The van der Waals surface area contributed by atoms with Gasteiger partial charge in [0.1, 0.15) is 11.3 Å². The number of nitrogens with zero attached hydrogens (tertiary/aromatic N) is 2. The molecule has 2 aromatic rings. The van der Waals surface area contributed by atoms with Crippen molar-refractivity contribution >= 4 is 17.0 Å². The Balaban J connectivity index is 1.72. The van der Waals surface area contributed by atoms with E-state index in [1.54, 1.807) is 6.07 Å². The Hall–Kier alpha value is -2.06. The summed E-state index contributed by atoms with van der Waals surface area (Å²) in [6.07, 6.45) is 1.55. The lowest BCUT2D eigenvalue weighted by Crippen LogP contribution is -2.37. The molecule has 0 bridgehead atoms. The number of fused-ring (bicyclic) bond motifs is 1. The van der Waals surface area contributed by atoms with Gasteiger partial charge in [-0.15, -0.1) is 0 Å². The highest BCUT2D eigenvalue weighted by molar-refractivity contribution is 6.04. The Morgan fingerprint density at radius 1 is 1.33 bits per heavy atom. The smallest absolute Gasteiger partial charge is 0.338 e. The third-order valence-electron chi connectivity index (χ3n) is 5.92. The number of carboxylic acid groups (broad SMARTS) is 1. The average molecular weight is 380 g/mol. The standard InChI is InChI=1S/C19H22F2N2O4/c1-11(12-4-6-19(7-5-12)26-9-10-27-19)23-15(16(20)21)14(18(24)25)13-3-2-8-22-17(13)23/h2-3,8,11-12,16H,4-7,9-10H2,1H3,(H,24,25). The molecule has 3 heterocycles. The third-order valence-corrected chi connectivity index (χ3v) is 5.92. The lowest BCUT2D eigenvalue weighted by molar-refractivity contribution is -0.184. The monoisotopic (exact) mass is 380 g/mol. The Labute approximate surface area is 155 Å². The van der Waals surface area contributed by atoms with Crippen molar-refractivity contribution in [2.45, 2.75) is 50.9 Å². The molecule has 146 valence electrons. The van der Waals surface area contributed by atoms with E-state index in [0.29, 0.717) is 31.7 Å². The molecule has 0 radical (unpaired) electrons. The normalized spacial score (nSPS) is 21.3. The Morgan fingerprint density at radius 3 is 2.59 bits per heavy atom. The maximum Gasteiger partial charge on any atom is 0.338 e. The van der Waals surface area contributed by atoms with Crippen LogP contribution in [0.4, 0.5) is 8.78 Å². The Morgan fingerprint density at radius 2 is 2.00 bits per heavy atom. The number of hydrogen-bond donors (Lipinski definition) is 1. The van der Waals surface area contributed by atoms with Gasteiger partial charge in [0.05, 0.1) is 18.8 Å². The number of aromatic nitrogens is 2. The quantitative estimate of drug-likeness (QED) is 0.862. The van der Waals surface area contributed by atoms with Crippen LogP contribution in [0.1, 0.15) is 61.1 Å². The molecule has 2 aromatic heterocycles. The van der Waals surface area contributed by atoms with Gasteiger partial charge in [-0.3, -0.25) is 0 Å². The molecule has 1 saturated carbocycles. The zero-order chi connectivity index (χ0) is 19.2. The second kappa shape index (κ2) is 6.83. The van der Waals surface area contributed by atoms with Gasteiger partial charge in [-0.1, -0.05) is 0 Å². The summed E-state index contributed by atoms with van der Waals surface area (Å²) in [5.41, 5.74) is -0.515. The maximum atomic E-state index is 13.9. The van der Waals surface area contributed by atoms with Crippen LogP contribution in [0.25, 0.3) is 11.0 Å². The predicted octanol–water partition coefficient (Wildman–Crippen LogP) is 4.17. The Bertz CT molecular complexity index is 851. The first-order valence-electron chi connectivity index (χ1n) is 9.22. The van der Waals surface area contributed by atoms with E-state index in [4.69, 9.17) is 9.47 Å². The van der Waals surface area contributed by atoms with Crippen molar-refractivity contribution < 1.29 is 28.2 Å². The molecule has 0 amide bonds. The first-order chi connectivity index (χ1) is 12.9. The highest BCUT2D eigenvalue weighted by Gasteiger charge is 2.42. The van der Waals surface area contributed by atoms with Crippen LogP contribution in [-0.2, 0) is 9.47 Å². The molecule has 8 heteroatoms. The van der Waals surface area contributed by atoms with Crippen LogP contribution < -0.4 is 0 Å². The van der Waals surface area contributed by atoms with E-state index in [1.165, 1.54) is 16.8 Å². The number of alkyl halides is 2. The van der Waals surface area contributed by atoms with Gasteiger partial charge in [0, 0.05) is 30.5 Å². The fraction of sp³-hybridized carbons (Fsp3) is 0.579. The van der Waals surface area contributed by atoms with Crippen LogP contribution in [0.2, 0.25) is 0 Å². The second-order valence-electron chi connectivity index (χ2n) is 7.30. The molecule has 0 aromatic carbocycles. The minimum Gasteiger partial charge on any atom is -0.478 e. The number of pyridine rings is 1. The molecule has 1 N–H and O–H groups in total. The molecule has 1 saturated heterocycles. The predicted molar refractivity (Wildman–Crippen MR) is 93.0 cm³/mol. The summed E-state index contributed by atoms with van der Waals surface area (Å²) in [7, 11) is 0. The van der Waals surface area contributed by atoms with Crippen molar-refractivity contribution in [3.05, 3.63) is 29.6 Å². The number of halogens is 2. The molecular weight excluding hydrogens is 358 g/mol. The molecular formula is C19H22F2N2O4. The molecule has 2 fully saturated rings. The third kappa shape index (κ3) is 3.00. The van der Waals surface area contributed by atoms with Gasteiger partial charge in [-0.05, 0) is 37.8 Å². The van der Waals surface area contributed by atoms with Gasteiger partial charge >= 0.3 is 5.97 Å². The molecule has 4 rings (SSSR count). The van der Waals surface area contributed by atoms with Crippen LogP contribution in [0, 0.1) is 5.92 Å². The number of carboxylic acids is 1. The largest absolute Gasteiger partial charge is 0.478 e. The first-order valence-corrected chi connectivity index (χ1v) is 9.22. The summed E-state index contributed by atoms with van der Waals surface area (Å²) in [4.78, 5) is 15.9. The summed E-state index contributed by atoms with van der Waals surface area (Å²) in [6, 6.07) is 2.80. The van der Waals surface area contributed by atoms with Gasteiger partial charge in [-0.2, -0.15) is 0 Å². The molecule has 1 aliphatic carbocycles. The van der Waals surface area contributed by atoms with E-state index >= 15 is 0 Å². The zero-order valence-electron chi connectivity index (χ0n) is 15.0. The van der Waals surface area contributed by atoms with Crippen LogP contribution in [0.3, 0.4) is 0 Å². The fourth-order valence-corrected chi connectivity index (χ4v) is 4.57. The number of hydrogen-bond acceptors (Lipinski definition) is 4. The fourth-order valence-electron chi connectivity index (χ4n) is 4.57. The van der Waals surface area contributed by atoms with Crippen LogP contribution in [-0.4, -0.2) is 39.6 Å². The van der Waals surface area contributed by atoms with Crippen LogP contribution in [0.5, 0.6) is 0 Å². The van der Waals surface area contributed by atoms with E-state index in [1.807, 2.05) is 6.92 Å². The summed E-state index contributed by atoms with van der Waals surface area (Å²) in [5.74, 6) is -1.77. The summed E-state index contributed by atoms with van der Waals surface area (Å²) in [5, 5.41) is 9.80. The van der Waals surface area contributed by atoms with Gasteiger partial charge < -0.3 is 19.1 Å². The Kier molecular flexibility index (Phi) is 4.63. The van der Waals surface area contributed by atoms with E-state index in [2.05, 4.69) is 4.98 Å². The summed E-state index contributed by atoms with van der Waals surface area (Å²) < 4.78 is 40.7. The van der Waals surface area contributed by atoms with Crippen molar-refractivity contribution in [3.8, 4) is 0 Å². The van der Waals surface area contributed by atoms with E-state index in [9.17, 15) is 18.7 Å². The number of aromatic carboxylic acids is 1. The average Bonchev–Trinajstić information content (AvgIpc) is 3.24. The molecule has 1 atom stereocenters. The summed E-state index contributed by atoms with van der Waals surface area (Å²) >= 11 is 0. The molecule has 27 heavy (non-hydrogen) atoms. The highest BCUT2D eigenvalue weighted by Crippen LogP contribution is 2.44. The molecule has 1 unspecified atom stereocenters. The maximum absolute atomic E-state index is 13.9. The van der Waals surface area contributed by atoms with E-state index in [-0.39, 0.29) is 22.9 Å². The van der Waals surface area contributed by atoms with Gasteiger partial charge in [0.25, 0.3) is 6.43 Å². The summed E-state index contributed by atoms with van der Waals surface area (Å²) in [6.45, 7) is 3.04. The van der Waals surface area contributed by atoms with E-state index in [0.717, 1.165) is 12.8 Å². The molecule has 1 spiro atoms. The van der Waals surface area contributed by atoms with E-state index < -0.39 is 23.9 Å². The van der Waals surface area contributed by atoms with Crippen molar-refractivity contribution in [3.63, 3.8) is 0 Å². The molecule has 2 aliphatic rings. The number of carbonyl (C=O) groups is 1. The lowest BCUT2D eigenvalue weighted by atomic mass is 9.81. The SMILES string of the molecule is CC(C1CCC2(CC1)OCCO2)n1c(C(F)F)c(C(=O)O)c2cccnc21.